The lowest BCUT2D eigenvalue weighted by atomic mass is 10.1. The number of urea groups is 1. The highest BCUT2D eigenvalue weighted by Crippen LogP contribution is 2.35. The lowest BCUT2D eigenvalue weighted by Gasteiger charge is -2.22. The summed E-state index contributed by atoms with van der Waals surface area (Å²) >= 11 is 5.86. The van der Waals surface area contributed by atoms with Gasteiger partial charge in [-0.3, -0.25) is 4.90 Å². The highest BCUT2D eigenvalue weighted by atomic mass is 35.5. The minimum absolute atomic E-state index is 0.155. The van der Waals surface area contributed by atoms with Crippen molar-refractivity contribution in [2.45, 2.75) is 0 Å². The zero-order valence-corrected chi connectivity index (χ0v) is 11.5. The number of nitrogen functional groups attached to an aromatic ring is 1. The van der Waals surface area contributed by atoms with Crippen LogP contribution in [0.25, 0.3) is 0 Å². The molecule has 0 aromatic heterocycles. The summed E-state index contributed by atoms with van der Waals surface area (Å²) in [4.78, 5) is 12.8. The van der Waals surface area contributed by atoms with E-state index in [9.17, 15) is 9.90 Å². The highest BCUT2D eigenvalue weighted by Gasteiger charge is 2.19. The molecule has 0 heterocycles. The molecule has 106 valence electrons. The van der Waals surface area contributed by atoms with Crippen molar-refractivity contribution >= 4 is 34.7 Å². The van der Waals surface area contributed by atoms with E-state index in [0.717, 1.165) is 4.90 Å². The van der Waals surface area contributed by atoms with Crippen LogP contribution in [-0.4, -0.2) is 11.1 Å². The van der Waals surface area contributed by atoms with Gasteiger partial charge >= 0.3 is 6.03 Å². The van der Waals surface area contributed by atoms with Crippen LogP contribution in [0.4, 0.5) is 21.9 Å². The molecule has 0 atom stereocenters. The summed E-state index contributed by atoms with van der Waals surface area (Å²) < 4.78 is 0. The fourth-order valence-corrected chi connectivity index (χ4v) is 2.01. The van der Waals surface area contributed by atoms with E-state index in [4.69, 9.17) is 28.3 Å². The predicted molar refractivity (Wildman–Crippen MR) is 80.4 cm³/mol. The van der Waals surface area contributed by atoms with Crippen LogP contribution >= 0.6 is 11.6 Å². The van der Waals surface area contributed by atoms with Gasteiger partial charge in [-0.05, 0) is 30.3 Å². The Labute approximate surface area is 125 Å². The molecule has 0 aliphatic rings. The van der Waals surface area contributed by atoms with Crippen LogP contribution in [0.15, 0.2) is 36.4 Å². The molecule has 21 heavy (non-hydrogen) atoms. The van der Waals surface area contributed by atoms with Gasteiger partial charge in [0.1, 0.15) is 11.8 Å². The molecule has 5 N–H and O–H groups in total. The maximum atomic E-state index is 11.7. The number of anilines is 3. The summed E-state index contributed by atoms with van der Waals surface area (Å²) in [6, 6.07) is 9.76. The monoisotopic (exact) mass is 302 g/mol. The third kappa shape index (κ3) is 2.83. The molecule has 7 heteroatoms. The molecule has 0 unspecified atom stereocenters. The van der Waals surface area contributed by atoms with Crippen molar-refractivity contribution in [2.24, 2.45) is 5.73 Å². The van der Waals surface area contributed by atoms with Crippen molar-refractivity contribution in [1.29, 1.82) is 5.26 Å². The number of phenols is 1. The molecule has 0 saturated heterocycles. The van der Waals surface area contributed by atoms with Gasteiger partial charge in [0, 0.05) is 11.8 Å². The van der Waals surface area contributed by atoms with Gasteiger partial charge in [-0.15, -0.1) is 0 Å². The normalized spacial score (nSPS) is 9.90. The average molecular weight is 303 g/mol. The number of halogens is 1. The number of phenolic OH excluding ortho intramolecular Hbond substituents is 1. The summed E-state index contributed by atoms with van der Waals surface area (Å²) in [6.45, 7) is 0. The van der Waals surface area contributed by atoms with Crippen LogP contribution in [0.5, 0.6) is 5.75 Å². The van der Waals surface area contributed by atoms with Crippen LogP contribution in [0.1, 0.15) is 5.56 Å². The summed E-state index contributed by atoms with van der Waals surface area (Å²) in [6.07, 6.45) is 0. The predicted octanol–water partition coefficient (Wildman–Crippen LogP) is 2.72. The molecule has 2 amide bonds. The van der Waals surface area contributed by atoms with Gasteiger partial charge in [-0.1, -0.05) is 11.6 Å². The molecule has 0 radical (unpaired) electrons. The van der Waals surface area contributed by atoms with Gasteiger partial charge < -0.3 is 16.6 Å². The zero-order valence-electron chi connectivity index (χ0n) is 10.7. The summed E-state index contributed by atoms with van der Waals surface area (Å²) in [5, 5.41) is 19.2. The summed E-state index contributed by atoms with van der Waals surface area (Å²) in [5.74, 6) is -0.206. The lowest BCUT2D eigenvalue weighted by molar-refractivity contribution is 0.256. The third-order valence-electron chi connectivity index (χ3n) is 2.79. The second kappa shape index (κ2) is 5.61. The Morgan fingerprint density at radius 2 is 2.00 bits per heavy atom. The van der Waals surface area contributed by atoms with Crippen molar-refractivity contribution in [2.75, 3.05) is 10.6 Å². The first-order valence-electron chi connectivity index (χ1n) is 5.81. The molecule has 2 aromatic carbocycles. The van der Waals surface area contributed by atoms with Gasteiger partial charge in [-0.2, -0.15) is 5.26 Å². The molecule has 2 rings (SSSR count). The lowest BCUT2D eigenvalue weighted by Crippen LogP contribution is -2.31. The molecule has 0 bridgehead atoms. The van der Waals surface area contributed by atoms with E-state index in [0.29, 0.717) is 11.4 Å². The summed E-state index contributed by atoms with van der Waals surface area (Å²) in [7, 11) is 0. The number of aromatic hydroxyl groups is 1. The topological polar surface area (TPSA) is 116 Å². The Balaban J connectivity index is 2.59. The first-order valence-corrected chi connectivity index (χ1v) is 6.19. The number of rotatable bonds is 2. The van der Waals surface area contributed by atoms with Crippen LogP contribution < -0.4 is 16.4 Å². The number of primary amides is 1. The quantitative estimate of drug-likeness (QED) is 0.739. The minimum atomic E-state index is -0.818. The highest BCUT2D eigenvalue weighted by molar-refractivity contribution is 6.31. The van der Waals surface area contributed by atoms with E-state index < -0.39 is 6.03 Å². The number of nitrogens with zero attached hydrogens (tertiary/aromatic N) is 2. The van der Waals surface area contributed by atoms with Gasteiger partial charge in [0.25, 0.3) is 0 Å². The Hall–Kier alpha value is -2.91. The third-order valence-corrected chi connectivity index (χ3v) is 3.12. The minimum Gasteiger partial charge on any atom is -0.506 e. The zero-order chi connectivity index (χ0) is 15.6. The molecule has 2 aromatic rings. The van der Waals surface area contributed by atoms with E-state index >= 15 is 0 Å². The van der Waals surface area contributed by atoms with Crippen LogP contribution in [-0.2, 0) is 0 Å². The van der Waals surface area contributed by atoms with Gasteiger partial charge in [-0.25, -0.2) is 4.79 Å². The fraction of sp³-hybridized carbons (Fsp3) is 0. The molecule has 0 spiro atoms. The van der Waals surface area contributed by atoms with Crippen LogP contribution in [0.2, 0.25) is 5.02 Å². The fourth-order valence-electron chi connectivity index (χ4n) is 1.85. The Morgan fingerprint density at radius 1 is 1.29 bits per heavy atom. The van der Waals surface area contributed by atoms with Crippen LogP contribution in [0.3, 0.4) is 0 Å². The van der Waals surface area contributed by atoms with Crippen molar-refractivity contribution < 1.29 is 9.90 Å². The molecular formula is C14H11ClN4O2. The molecular weight excluding hydrogens is 292 g/mol. The average Bonchev–Trinajstić information content (AvgIpc) is 2.43. The first kappa shape index (κ1) is 14.5. The largest absolute Gasteiger partial charge is 0.506 e. The Morgan fingerprint density at radius 3 is 2.57 bits per heavy atom. The number of hydrogen-bond acceptors (Lipinski definition) is 4. The molecule has 0 aliphatic carbocycles. The second-order valence-corrected chi connectivity index (χ2v) is 4.60. The van der Waals surface area contributed by atoms with Crippen LogP contribution in [0, 0.1) is 11.3 Å². The molecule has 0 aliphatic heterocycles. The summed E-state index contributed by atoms with van der Waals surface area (Å²) in [5.41, 5.74) is 11.9. The SMILES string of the molecule is N#Cc1cc(N(C(N)=O)c2ccc(N)cc2O)ccc1Cl. The van der Waals surface area contributed by atoms with Gasteiger partial charge in [0.2, 0.25) is 0 Å². The van der Waals surface area contributed by atoms with E-state index in [1.807, 2.05) is 6.07 Å². The van der Waals surface area contributed by atoms with E-state index in [1.54, 1.807) is 0 Å². The number of nitrogens with two attached hydrogens (primary N) is 2. The molecule has 0 saturated carbocycles. The van der Waals surface area contributed by atoms with Gasteiger partial charge in [0.15, 0.2) is 0 Å². The van der Waals surface area contributed by atoms with Crippen molar-refractivity contribution in [3.05, 3.63) is 47.0 Å². The van der Waals surface area contributed by atoms with Gasteiger partial charge in [0.05, 0.1) is 22.0 Å². The maximum Gasteiger partial charge on any atom is 0.324 e. The Kier molecular flexibility index (Phi) is 3.87. The van der Waals surface area contributed by atoms with Crippen molar-refractivity contribution in [1.82, 2.24) is 0 Å². The van der Waals surface area contributed by atoms with E-state index in [1.165, 1.54) is 36.4 Å². The smallest absolute Gasteiger partial charge is 0.324 e. The number of hydrogen-bond donors (Lipinski definition) is 3. The number of benzene rings is 2. The number of amides is 2. The van der Waals surface area contributed by atoms with Crippen molar-refractivity contribution in [3.63, 3.8) is 0 Å². The van der Waals surface area contributed by atoms with E-state index in [2.05, 4.69) is 0 Å². The molecule has 6 nitrogen and oxygen atoms in total. The standard InChI is InChI=1S/C14H11ClN4O2/c15-11-3-2-10(5-8(11)7-16)19(14(18)21)12-4-1-9(17)6-13(12)20/h1-6,20H,17H2,(H2,18,21). The Bertz CT molecular complexity index is 755. The maximum absolute atomic E-state index is 11.7. The number of carbonyl (C=O) groups is 1. The number of nitriles is 1. The first-order chi connectivity index (χ1) is 9.93. The van der Waals surface area contributed by atoms with Crippen molar-refractivity contribution in [3.8, 4) is 11.8 Å². The number of carbonyl (C=O) groups excluding carboxylic acids is 1. The van der Waals surface area contributed by atoms with E-state index in [-0.39, 0.29) is 22.0 Å². The molecule has 0 fully saturated rings. The second-order valence-electron chi connectivity index (χ2n) is 4.20.